The summed E-state index contributed by atoms with van der Waals surface area (Å²) in [5.41, 5.74) is 0.301. The Bertz CT molecular complexity index is 196. The van der Waals surface area contributed by atoms with E-state index in [2.05, 4.69) is 4.74 Å². The summed E-state index contributed by atoms with van der Waals surface area (Å²) >= 11 is 0. The lowest BCUT2D eigenvalue weighted by atomic mass is 10.2. The van der Waals surface area contributed by atoms with Crippen LogP contribution in [0.1, 0.15) is 27.2 Å². The van der Waals surface area contributed by atoms with Crippen LogP contribution in [0.4, 0.5) is 0 Å². The van der Waals surface area contributed by atoms with Gasteiger partial charge >= 0.3 is 5.97 Å². The fourth-order valence-corrected chi connectivity index (χ4v) is 0.722. The molecule has 0 bridgehead atoms. The molecule has 0 aromatic heterocycles. The minimum Gasteiger partial charge on any atom is -0.433 e. The van der Waals surface area contributed by atoms with Gasteiger partial charge in [0.2, 0.25) is 0 Å². The quantitative estimate of drug-likeness (QED) is 0.385. The zero-order valence-corrected chi connectivity index (χ0v) is 8.15. The van der Waals surface area contributed by atoms with E-state index in [1.54, 1.807) is 6.92 Å². The Kier molecular flexibility index (Phi) is 5.34. The zero-order valence-electron chi connectivity index (χ0n) is 8.15. The minimum atomic E-state index is -1.12. The molecule has 0 saturated carbocycles. The lowest BCUT2D eigenvalue weighted by Gasteiger charge is -2.08. The molecule has 4 nitrogen and oxygen atoms in total. The Morgan fingerprint density at radius 3 is 2.46 bits per heavy atom. The molecule has 2 unspecified atom stereocenters. The zero-order chi connectivity index (χ0) is 10.4. The molecule has 0 aromatic carbocycles. The predicted molar refractivity (Wildman–Crippen MR) is 47.8 cm³/mol. The summed E-state index contributed by atoms with van der Waals surface area (Å²) in [5.74, 6) is -0.609. The van der Waals surface area contributed by atoms with E-state index in [0.29, 0.717) is 12.0 Å². The first kappa shape index (κ1) is 12.1. The van der Waals surface area contributed by atoms with E-state index < -0.39 is 18.4 Å². The van der Waals surface area contributed by atoms with E-state index in [-0.39, 0.29) is 0 Å². The van der Waals surface area contributed by atoms with Crippen molar-refractivity contribution in [1.82, 2.24) is 0 Å². The highest BCUT2D eigenvalue weighted by Crippen LogP contribution is 2.03. The van der Waals surface area contributed by atoms with Crippen LogP contribution in [0.5, 0.6) is 0 Å². The number of carbonyl (C=O) groups excluding carboxylic acids is 1. The largest absolute Gasteiger partial charge is 0.433 e. The number of esters is 1. The van der Waals surface area contributed by atoms with Gasteiger partial charge in [0.05, 0.1) is 6.10 Å². The lowest BCUT2D eigenvalue weighted by Crippen LogP contribution is -2.15. The monoisotopic (exact) mass is 188 g/mol. The Hall–Kier alpha value is -0.870. The van der Waals surface area contributed by atoms with E-state index >= 15 is 0 Å². The summed E-state index contributed by atoms with van der Waals surface area (Å²) in [6, 6.07) is 0. The van der Waals surface area contributed by atoms with Gasteiger partial charge in [-0.25, -0.2) is 4.79 Å². The third kappa shape index (κ3) is 5.38. The van der Waals surface area contributed by atoms with Crippen LogP contribution in [-0.2, 0) is 9.53 Å². The van der Waals surface area contributed by atoms with Crippen molar-refractivity contribution in [2.75, 3.05) is 0 Å². The Labute approximate surface area is 77.8 Å². The predicted octanol–water partition coefficient (Wildman–Crippen LogP) is 0.585. The van der Waals surface area contributed by atoms with Gasteiger partial charge in [-0.1, -0.05) is 6.92 Å². The molecular formula is C9H16O4. The number of carbonyl (C=O) groups is 1. The van der Waals surface area contributed by atoms with Gasteiger partial charge in [-0.2, -0.15) is 0 Å². The van der Waals surface area contributed by atoms with Crippen molar-refractivity contribution in [2.45, 2.75) is 39.6 Å². The van der Waals surface area contributed by atoms with Gasteiger partial charge < -0.3 is 14.9 Å². The molecule has 0 heterocycles. The van der Waals surface area contributed by atoms with Gasteiger partial charge in [-0.05, 0) is 26.3 Å². The lowest BCUT2D eigenvalue weighted by molar-refractivity contribution is -0.159. The molecule has 0 saturated heterocycles. The number of ether oxygens (including phenoxy) is 1. The third-order valence-corrected chi connectivity index (χ3v) is 1.46. The van der Waals surface area contributed by atoms with E-state index in [9.17, 15) is 4.79 Å². The maximum Gasteiger partial charge on any atom is 0.335 e. The molecular weight excluding hydrogens is 172 g/mol. The van der Waals surface area contributed by atoms with Crippen molar-refractivity contribution in [3.8, 4) is 0 Å². The molecule has 2 N–H and O–H groups in total. The third-order valence-electron chi connectivity index (χ3n) is 1.46. The summed E-state index contributed by atoms with van der Waals surface area (Å²) in [4.78, 5) is 11.0. The number of aliphatic hydroxyl groups is 2. The molecule has 0 rings (SSSR count). The van der Waals surface area contributed by atoms with Gasteiger partial charge in [0.15, 0.2) is 6.29 Å². The highest BCUT2D eigenvalue weighted by atomic mass is 16.6. The first-order valence-electron chi connectivity index (χ1n) is 4.23. The molecule has 13 heavy (non-hydrogen) atoms. The maximum absolute atomic E-state index is 11.0. The summed E-state index contributed by atoms with van der Waals surface area (Å²) in [5, 5.41) is 17.9. The Morgan fingerprint density at radius 1 is 1.54 bits per heavy atom. The van der Waals surface area contributed by atoms with Crippen LogP contribution in [-0.4, -0.2) is 28.6 Å². The molecule has 0 aliphatic carbocycles. The van der Waals surface area contributed by atoms with Gasteiger partial charge in [0.1, 0.15) is 0 Å². The second-order valence-corrected chi connectivity index (χ2v) is 2.83. The number of hydrogen-bond acceptors (Lipinski definition) is 4. The number of aliphatic hydroxyl groups excluding tert-OH is 2. The van der Waals surface area contributed by atoms with Crippen molar-refractivity contribution in [1.29, 1.82) is 0 Å². The molecule has 0 aromatic rings. The summed E-state index contributed by atoms with van der Waals surface area (Å²) in [7, 11) is 0. The highest BCUT2D eigenvalue weighted by molar-refractivity contribution is 5.87. The summed E-state index contributed by atoms with van der Waals surface area (Å²) in [6.07, 6.45) is 0.195. The van der Waals surface area contributed by atoms with Crippen molar-refractivity contribution in [2.24, 2.45) is 0 Å². The molecule has 76 valence electrons. The topological polar surface area (TPSA) is 66.8 Å². The Morgan fingerprint density at radius 2 is 2.08 bits per heavy atom. The highest BCUT2D eigenvalue weighted by Gasteiger charge is 2.09. The van der Waals surface area contributed by atoms with Crippen LogP contribution in [0.25, 0.3) is 0 Å². The number of rotatable bonds is 4. The first-order valence-corrected chi connectivity index (χ1v) is 4.23. The molecule has 2 atom stereocenters. The van der Waals surface area contributed by atoms with Crippen LogP contribution < -0.4 is 0 Å². The fourth-order valence-electron chi connectivity index (χ4n) is 0.722. The molecule has 0 aliphatic heterocycles. The molecule has 0 radical (unpaired) electrons. The maximum atomic E-state index is 11.0. The minimum absolute atomic E-state index is 0.301. The molecule has 4 heteroatoms. The average Bonchev–Trinajstić information content (AvgIpc) is 2.02. The van der Waals surface area contributed by atoms with Gasteiger partial charge in [-0.15, -0.1) is 0 Å². The van der Waals surface area contributed by atoms with Gasteiger partial charge in [-0.3, -0.25) is 0 Å². The molecule has 0 aliphatic rings. The Balaban J connectivity index is 4.16. The van der Waals surface area contributed by atoms with Crippen LogP contribution in [0, 0.1) is 0 Å². The van der Waals surface area contributed by atoms with Gasteiger partial charge in [0, 0.05) is 5.57 Å². The smallest absolute Gasteiger partial charge is 0.335 e. The van der Waals surface area contributed by atoms with Crippen molar-refractivity contribution in [3.05, 3.63) is 11.6 Å². The van der Waals surface area contributed by atoms with Gasteiger partial charge in [0.25, 0.3) is 0 Å². The fraction of sp³-hybridized carbons (Fsp3) is 0.667. The second kappa shape index (κ2) is 5.72. The molecule has 0 spiro atoms. The molecule has 0 amide bonds. The first-order chi connectivity index (χ1) is 5.97. The average molecular weight is 188 g/mol. The second-order valence-electron chi connectivity index (χ2n) is 2.83. The SMILES string of the molecule is CCC(O)/C=C(\C)C(=O)OC(C)O. The summed E-state index contributed by atoms with van der Waals surface area (Å²) in [6.45, 7) is 4.68. The van der Waals surface area contributed by atoms with E-state index in [1.165, 1.54) is 19.9 Å². The van der Waals surface area contributed by atoms with Crippen LogP contribution in [0.2, 0.25) is 0 Å². The van der Waals surface area contributed by atoms with E-state index in [1.807, 2.05) is 0 Å². The molecule has 0 fully saturated rings. The van der Waals surface area contributed by atoms with Crippen molar-refractivity contribution in [3.63, 3.8) is 0 Å². The normalized spacial score (nSPS) is 16.5. The standard InChI is InChI=1S/C9H16O4/c1-4-8(11)5-6(2)9(12)13-7(3)10/h5,7-8,10-11H,4H2,1-3H3/b6-5+. The van der Waals surface area contributed by atoms with Crippen LogP contribution in [0.15, 0.2) is 11.6 Å². The van der Waals surface area contributed by atoms with E-state index in [4.69, 9.17) is 10.2 Å². The van der Waals surface area contributed by atoms with Crippen LogP contribution in [0.3, 0.4) is 0 Å². The van der Waals surface area contributed by atoms with Crippen molar-refractivity contribution >= 4 is 5.97 Å². The summed E-state index contributed by atoms with van der Waals surface area (Å²) < 4.78 is 4.49. The van der Waals surface area contributed by atoms with E-state index in [0.717, 1.165) is 0 Å². The number of hydrogen-bond donors (Lipinski definition) is 2. The van der Waals surface area contributed by atoms with Crippen LogP contribution >= 0.6 is 0 Å². The van der Waals surface area contributed by atoms with Crippen molar-refractivity contribution < 1.29 is 19.7 Å².